The van der Waals surface area contributed by atoms with Crippen molar-refractivity contribution in [2.24, 2.45) is 0 Å². The van der Waals surface area contributed by atoms with Gasteiger partial charge in [0.25, 0.3) is 0 Å². The molecular weight excluding hydrogens is 404 g/mol. The maximum Gasteiger partial charge on any atom is 0.193 e. The van der Waals surface area contributed by atoms with Crippen LogP contribution in [0.25, 0.3) is 21.9 Å². The quantitative estimate of drug-likeness (QED) is 0.456. The molecule has 4 rings (SSSR count). The Kier molecular flexibility index (Phi) is 6.28. The topological polar surface area (TPSA) is 54.0 Å². The zero-order valence-corrected chi connectivity index (χ0v) is 18.7. The summed E-state index contributed by atoms with van der Waals surface area (Å²) in [6.45, 7) is 0. The molecule has 0 heterocycles. The zero-order valence-electron chi connectivity index (χ0n) is 18.7. The van der Waals surface area contributed by atoms with E-state index in [1.54, 1.807) is 28.4 Å². The Morgan fingerprint density at radius 2 is 1.69 bits per heavy atom. The van der Waals surface area contributed by atoms with Crippen LogP contribution >= 0.6 is 0 Å². The van der Waals surface area contributed by atoms with Gasteiger partial charge in [0.15, 0.2) is 17.3 Å². The number of fused-ring (bicyclic) bond motifs is 1. The highest BCUT2D eigenvalue weighted by atomic mass is 16.5. The Bertz CT molecular complexity index is 1220. The minimum absolute atomic E-state index is 0.00588. The second-order valence-electron chi connectivity index (χ2n) is 7.50. The van der Waals surface area contributed by atoms with Gasteiger partial charge in [0, 0.05) is 18.2 Å². The number of ether oxygens (including phenoxy) is 4. The molecule has 1 aliphatic carbocycles. The molecule has 1 aliphatic rings. The van der Waals surface area contributed by atoms with Gasteiger partial charge in [-0.1, -0.05) is 36.4 Å². The predicted molar refractivity (Wildman–Crippen MR) is 126 cm³/mol. The molecule has 0 bridgehead atoms. The van der Waals surface area contributed by atoms with Crippen LogP contribution in [-0.4, -0.2) is 40.3 Å². The van der Waals surface area contributed by atoms with Crippen LogP contribution < -0.4 is 14.2 Å². The Morgan fingerprint density at radius 1 is 0.875 bits per heavy atom. The van der Waals surface area contributed by atoms with Gasteiger partial charge in [-0.3, -0.25) is 4.79 Å². The molecule has 5 heteroatoms. The Labute approximate surface area is 187 Å². The molecule has 0 saturated heterocycles. The lowest BCUT2D eigenvalue weighted by Gasteiger charge is -2.18. The minimum Gasteiger partial charge on any atom is -0.497 e. The molecule has 0 saturated carbocycles. The summed E-state index contributed by atoms with van der Waals surface area (Å²) in [5, 5.41) is 1.80. The number of carbonyl (C=O) groups excluding carboxylic acids is 1. The second-order valence-corrected chi connectivity index (χ2v) is 7.50. The van der Waals surface area contributed by atoms with Gasteiger partial charge < -0.3 is 18.9 Å². The summed E-state index contributed by atoms with van der Waals surface area (Å²) in [5.41, 5.74) is 3.00. The smallest absolute Gasteiger partial charge is 0.193 e. The first-order chi connectivity index (χ1) is 15.6. The number of hydrogen-bond donors (Lipinski definition) is 0. The fourth-order valence-corrected chi connectivity index (χ4v) is 4.01. The van der Waals surface area contributed by atoms with E-state index >= 15 is 0 Å². The molecule has 164 valence electrons. The van der Waals surface area contributed by atoms with Crippen LogP contribution in [0.3, 0.4) is 0 Å². The zero-order chi connectivity index (χ0) is 22.7. The van der Waals surface area contributed by atoms with Crippen molar-refractivity contribution in [1.29, 1.82) is 0 Å². The summed E-state index contributed by atoms with van der Waals surface area (Å²) in [5.74, 6) is 1.96. The van der Waals surface area contributed by atoms with Gasteiger partial charge in [0.1, 0.15) is 5.75 Å². The first-order valence-electron chi connectivity index (χ1n) is 10.4. The van der Waals surface area contributed by atoms with E-state index in [2.05, 4.69) is 0 Å². The summed E-state index contributed by atoms with van der Waals surface area (Å²) in [7, 11) is 6.51. The number of methoxy groups -OCH3 is 4. The highest BCUT2D eigenvalue weighted by molar-refractivity contribution is 6.21. The van der Waals surface area contributed by atoms with Crippen molar-refractivity contribution in [3.05, 3.63) is 77.9 Å². The molecule has 0 amide bonds. The van der Waals surface area contributed by atoms with Gasteiger partial charge >= 0.3 is 0 Å². The molecule has 0 N–H and O–H groups in total. The van der Waals surface area contributed by atoms with Crippen molar-refractivity contribution >= 4 is 16.6 Å². The minimum atomic E-state index is -0.0312. The average molecular weight is 431 g/mol. The van der Waals surface area contributed by atoms with Crippen molar-refractivity contribution in [3.8, 4) is 28.4 Å². The van der Waals surface area contributed by atoms with Gasteiger partial charge in [-0.15, -0.1) is 0 Å². The average Bonchev–Trinajstić information content (AvgIpc) is 2.86. The maximum atomic E-state index is 13.8. The summed E-state index contributed by atoms with van der Waals surface area (Å²) in [6, 6.07) is 15.4. The van der Waals surface area contributed by atoms with Crippen molar-refractivity contribution in [2.75, 3.05) is 28.4 Å². The predicted octanol–water partition coefficient (Wildman–Crippen LogP) is 5.62. The number of benzene rings is 3. The molecule has 3 aromatic carbocycles. The van der Waals surface area contributed by atoms with Crippen LogP contribution in [0.4, 0.5) is 0 Å². The fraction of sp³-hybridized carbons (Fsp3) is 0.222. The molecule has 0 radical (unpaired) electrons. The van der Waals surface area contributed by atoms with Crippen LogP contribution in [-0.2, 0) is 4.74 Å². The third-order valence-corrected chi connectivity index (χ3v) is 5.77. The second kappa shape index (κ2) is 9.28. The monoisotopic (exact) mass is 430 g/mol. The van der Waals surface area contributed by atoms with Gasteiger partial charge in [-0.25, -0.2) is 0 Å². The molecule has 3 aromatic rings. The van der Waals surface area contributed by atoms with Crippen LogP contribution in [0, 0.1) is 0 Å². The number of rotatable bonds is 7. The molecule has 0 aromatic heterocycles. The van der Waals surface area contributed by atoms with Crippen molar-refractivity contribution in [2.45, 2.75) is 12.5 Å². The largest absolute Gasteiger partial charge is 0.497 e. The lowest BCUT2D eigenvalue weighted by Crippen LogP contribution is -2.13. The van der Waals surface area contributed by atoms with E-state index in [-0.39, 0.29) is 11.9 Å². The van der Waals surface area contributed by atoms with E-state index in [1.165, 1.54) is 0 Å². The first kappa shape index (κ1) is 21.7. The molecule has 32 heavy (non-hydrogen) atoms. The molecule has 0 aliphatic heterocycles. The number of ketones is 1. The van der Waals surface area contributed by atoms with Crippen LogP contribution in [0.1, 0.15) is 16.8 Å². The Hall–Kier alpha value is -3.57. The van der Waals surface area contributed by atoms with E-state index in [1.807, 2.05) is 66.8 Å². The SMILES string of the molecule is COc1ccc2c(C(=O)C3=CCC(OC)C=C3)c(-c3ccc(OC)c(OC)c3)ccc2c1. The van der Waals surface area contributed by atoms with Crippen LogP contribution in [0.2, 0.25) is 0 Å². The number of hydrogen-bond acceptors (Lipinski definition) is 5. The van der Waals surface area contributed by atoms with Crippen molar-refractivity contribution < 1.29 is 23.7 Å². The maximum absolute atomic E-state index is 13.8. The van der Waals surface area contributed by atoms with E-state index in [0.29, 0.717) is 29.1 Å². The number of Topliss-reactive ketones (excluding diaryl/α,β-unsaturated/α-hetero) is 1. The first-order valence-corrected chi connectivity index (χ1v) is 10.4. The van der Waals surface area contributed by atoms with Crippen molar-refractivity contribution in [3.63, 3.8) is 0 Å². The summed E-state index contributed by atoms with van der Waals surface area (Å²) >= 11 is 0. The van der Waals surface area contributed by atoms with Gasteiger partial charge in [-0.05, 0) is 58.7 Å². The third-order valence-electron chi connectivity index (χ3n) is 5.77. The molecule has 5 nitrogen and oxygen atoms in total. The summed E-state index contributed by atoms with van der Waals surface area (Å²) < 4.78 is 21.6. The van der Waals surface area contributed by atoms with E-state index < -0.39 is 0 Å². The number of carbonyl (C=O) groups is 1. The summed E-state index contributed by atoms with van der Waals surface area (Å²) in [6.07, 6.45) is 6.38. The highest BCUT2D eigenvalue weighted by Gasteiger charge is 2.22. The lowest BCUT2D eigenvalue weighted by molar-refractivity contribution is 0.103. The standard InChI is InChI=1S/C27H26O5/c1-29-20-9-5-17(6-10-20)27(28)26-22(19-8-14-24(31-3)25(16-19)32-4)12-7-18-15-21(30-2)11-13-23(18)26/h5-9,11-16,20H,10H2,1-4H3. The van der Waals surface area contributed by atoms with Gasteiger partial charge in [-0.2, -0.15) is 0 Å². The molecule has 1 atom stereocenters. The van der Waals surface area contributed by atoms with Crippen LogP contribution in [0.5, 0.6) is 17.2 Å². The molecule has 1 unspecified atom stereocenters. The lowest BCUT2D eigenvalue weighted by atomic mass is 9.87. The normalized spacial score (nSPS) is 15.4. The fourth-order valence-electron chi connectivity index (χ4n) is 4.01. The Morgan fingerprint density at radius 3 is 2.34 bits per heavy atom. The van der Waals surface area contributed by atoms with Gasteiger partial charge in [0.05, 0.1) is 27.4 Å². The number of allylic oxidation sites excluding steroid dienone is 2. The van der Waals surface area contributed by atoms with E-state index in [0.717, 1.165) is 27.6 Å². The molecule has 0 fully saturated rings. The molecular formula is C27H26O5. The Balaban J connectivity index is 1.91. The molecule has 0 spiro atoms. The summed E-state index contributed by atoms with van der Waals surface area (Å²) in [4.78, 5) is 13.8. The highest BCUT2D eigenvalue weighted by Crippen LogP contribution is 2.38. The third kappa shape index (κ3) is 3.99. The van der Waals surface area contributed by atoms with Crippen molar-refractivity contribution in [1.82, 2.24) is 0 Å². The van der Waals surface area contributed by atoms with Crippen LogP contribution in [0.15, 0.2) is 72.3 Å². The van der Waals surface area contributed by atoms with E-state index in [4.69, 9.17) is 18.9 Å². The van der Waals surface area contributed by atoms with Gasteiger partial charge in [0.2, 0.25) is 0 Å². The van der Waals surface area contributed by atoms with E-state index in [9.17, 15) is 4.79 Å².